The first-order valence-corrected chi connectivity index (χ1v) is 14.5. The molecule has 4 rings (SSSR count). The molecule has 1 aliphatic heterocycles. The van der Waals surface area contributed by atoms with Crippen molar-refractivity contribution in [3.05, 3.63) is 82.4 Å². The summed E-state index contributed by atoms with van der Waals surface area (Å²) >= 11 is 12.0. The summed E-state index contributed by atoms with van der Waals surface area (Å²) in [6.07, 6.45) is 2.82. The number of anilines is 1. The van der Waals surface area contributed by atoms with Crippen LogP contribution in [-0.2, 0) is 22.7 Å². The Balaban J connectivity index is 1.60. The van der Waals surface area contributed by atoms with E-state index in [0.717, 1.165) is 10.5 Å². The number of benzene rings is 1. The first kappa shape index (κ1) is 32.5. The smallest absolute Gasteiger partial charge is 0.417 e. The van der Waals surface area contributed by atoms with Gasteiger partial charge in [0.15, 0.2) is 5.75 Å². The third kappa shape index (κ3) is 8.14. The SMILES string of the molecule is COc1cccc(COc2cnccc2CNC2=C(C(=S)Nc3cccc(Cl)c3OC)C(=O)N(C(=O)OC(C)(C)C)CC2)n1. The minimum absolute atomic E-state index is 0.0848. The minimum Gasteiger partial charge on any atom is -0.493 e. The van der Waals surface area contributed by atoms with Gasteiger partial charge in [-0.1, -0.05) is 36.0 Å². The first-order chi connectivity index (χ1) is 21.0. The summed E-state index contributed by atoms with van der Waals surface area (Å²) in [7, 11) is 3.03. The zero-order valence-electron chi connectivity index (χ0n) is 25.1. The second-order valence-corrected chi connectivity index (χ2v) is 11.4. The van der Waals surface area contributed by atoms with Gasteiger partial charge in [-0.25, -0.2) is 14.7 Å². The van der Waals surface area contributed by atoms with E-state index in [1.807, 2.05) is 18.2 Å². The van der Waals surface area contributed by atoms with Crippen LogP contribution in [0.4, 0.5) is 10.5 Å². The second kappa shape index (κ2) is 14.4. The normalized spacial score (nSPS) is 13.3. The van der Waals surface area contributed by atoms with Crippen LogP contribution in [0.3, 0.4) is 0 Å². The number of methoxy groups -OCH3 is 2. The van der Waals surface area contributed by atoms with Crippen molar-refractivity contribution in [3.63, 3.8) is 0 Å². The minimum atomic E-state index is -0.787. The van der Waals surface area contributed by atoms with Crippen LogP contribution in [0.2, 0.25) is 5.02 Å². The summed E-state index contributed by atoms with van der Waals surface area (Å²) in [5, 5.41) is 6.78. The van der Waals surface area contributed by atoms with Gasteiger partial charge in [-0.15, -0.1) is 0 Å². The Bertz CT molecular complexity index is 1580. The van der Waals surface area contributed by atoms with E-state index in [4.69, 9.17) is 42.8 Å². The molecule has 232 valence electrons. The number of ether oxygens (including phenoxy) is 4. The highest BCUT2D eigenvalue weighted by molar-refractivity contribution is 7.81. The van der Waals surface area contributed by atoms with Crippen molar-refractivity contribution in [1.29, 1.82) is 0 Å². The molecule has 0 aliphatic carbocycles. The monoisotopic (exact) mass is 639 g/mol. The molecule has 1 aliphatic rings. The van der Waals surface area contributed by atoms with E-state index in [-0.39, 0.29) is 30.3 Å². The predicted octanol–water partition coefficient (Wildman–Crippen LogP) is 5.68. The lowest BCUT2D eigenvalue weighted by atomic mass is 10.0. The molecule has 13 heteroatoms. The van der Waals surface area contributed by atoms with Gasteiger partial charge >= 0.3 is 6.09 Å². The molecule has 2 N–H and O–H groups in total. The summed E-state index contributed by atoms with van der Waals surface area (Å²) in [6.45, 7) is 5.79. The number of nitrogens with one attached hydrogen (secondary N) is 2. The number of nitrogens with zero attached hydrogens (tertiary/aromatic N) is 3. The van der Waals surface area contributed by atoms with Gasteiger partial charge in [0.2, 0.25) is 5.88 Å². The topological polar surface area (TPSA) is 124 Å². The summed E-state index contributed by atoms with van der Waals surface area (Å²) in [5.41, 5.74) is 1.82. The second-order valence-electron chi connectivity index (χ2n) is 10.6. The number of para-hydroxylation sites is 1. The summed E-state index contributed by atoms with van der Waals surface area (Å²) in [4.78, 5) is 36.5. The highest BCUT2D eigenvalue weighted by Gasteiger charge is 2.36. The van der Waals surface area contributed by atoms with Gasteiger partial charge < -0.3 is 29.6 Å². The number of hydrogen-bond acceptors (Lipinski definition) is 10. The van der Waals surface area contributed by atoms with Gasteiger partial charge in [-0.2, -0.15) is 0 Å². The first-order valence-electron chi connectivity index (χ1n) is 13.7. The maximum Gasteiger partial charge on any atom is 0.417 e. The number of hydrogen-bond donors (Lipinski definition) is 2. The lowest BCUT2D eigenvalue weighted by Crippen LogP contribution is -2.47. The number of thiocarbonyl (C=S) groups is 1. The standard InChI is InChI=1S/C31H34ClN5O6S/c1-31(2,3)43-30(39)37-15-13-22(26(29(37)38)28(44)36-23-10-7-9-21(32)27(23)41-5)34-16-19-12-14-33-17-24(19)42-18-20-8-6-11-25(35-20)40-4/h6-12,14,17,34H,13,15-16,18H2,1-5H3,(H,36,44). The molecule has 44 heavy (non-hydrogen) atoms. The van der Waals surface area contributed by atoms with Crippen molar-refractivity contribution < 1.29 is 28.5 Å². The van der Waals surface area contributed by atoms with Gasteiger partial charge in [0.1, 0.15) is 22.9 Å². The largest absolute Gasteiger partial charge is 0.493 e. The number of carbonyl (C=O) groups is 2. The Morgan fingerprint density at radius 1 is 1.11 bits per heavy atom. The quantitative estimate of drug-likeness (QED) is 0.266. The van der Waals surface area contributed by atoms with E-state index in [2.05, 4.69) is 20.6 Å². The highest BCUT2D eigenvalue weighted by Crippen LogP contribution is 2.33. The number of imide groups is 1. The zero-order valence-corrected chi connectivity index (χ0v) is 26.7. The van der Waals surface area contributed by atoms with E-state index >= 15 is 0 Å². The van der Waals surface area contributed by atoms with E-state index in [9.17, 15) is 9.59 Å². The Morgan fingerprint density at radius 3 is 2.61 bits per heavy atom. The van der Waals surface area contributed by atoms with Crippen LogP contribution in [-0.4, -0.2) is 58.2 Å². The van der Waals surface area contributed by atoms with E-state index < -0.39 is 17.6 Å². The predicted molar refractivity (Wildman–Crippen MR) is 170 cm³/mol. The molecule has 3 aromatic rings. The Hall–Kier alpha value is -4.42. The van der Waals surface area contributed by atoms with E-state index in [1.54, 1.807) is 64.5 Å². The zero-order chi connectivity index (χ0) is 31.9. The number of halogens is 1. The lowest BCUT2D eigenvalue weighted by Gasteiger charge is -2.31. The number of rotatable bonds is 10. The summed E-state index contributed by atoms with van der Waals surface area (Å²) in [6, 6.07) is 12.4. The van der Waals surface area contributed by atoms with Crippen molar-refractivity contribution in [1.82, 2.24) is 20.2 Å². The van der Waals surface area contributed by atoms with Crippen molar-refractivity contribution >= 4 is 46.5 Å². The van der Waals surface area contributed by atoms with Crippen molar-refractivity contribution in [2.75, 3.05) is 26.1 Å². The van der Waals surface area contributed by atoms with E-state index in [1.165, 1.54) is 7.11 Å². The van der Waals surface area contributed by atoms with Gasteiger partial charge in [-0.05, 0) is 45.0 Å². The molecule has 0 bridgehead atoms. The number of amides is 2. The molecule has 0 spiro atoms. The van der Waals surface area contributed by atoms with Crippen LogP contribution in [0.25, 0.3) is 0 Å². The molecule has 0 radical (unpaired) electrons. The Labute approximate surface area is 266 Å². The average molecular weight is 640 g/mol. The molecule has 0 saturated heterocycles. The lowest BCUT2D eigenvalue weighted by molar-refractivity contribution is -0.126. The van der Waals surface area contributed by atoms with Crippen LogP contribution in [0.1, 0.15) is 38.4 Å². The molecule has 1 aromatic carbocycles. The van der Waals surface area contributed by atoms with Gasteiger partial charge in [-0.3, -0.25) is 9.78 Å². The highest BCUT2D eigenvalue weighted by atomic mass is 35.5. The van der Waals surface area contributed by atoms with E-state index in [0.29, 0.717) is 45.9 Å². The number of carbonyl (C=O) groups excluding carboxylic acids is 2. The van der Waals surface area contributed by atoms with Gasteiger partial charge in [0.25, 0.3) is 5.91 Å². The Kier molecular flexibility index (Phi) is 10.6. The van der Waals surface area contributed by atoms with Crippen LogP contribution in [0.15, 0.2) is 66.1 Å². The number of aromatic nitrogens is 2. The van der Waals surface area contributed by atoms with Crippen molar-refractivity contribution in [3.8, 4) is 17.4 Å². The van der Waals surface area contributed by atoms with Gasteiger partial charge in [0, 0.05) is 43.0 Å². The molecular weight excluding hydrogens is 606 g/mol. The molecular formula is C31H34ClN5O6S. The third-order valence-corrected chi connectivity index (χ3v) is 6.94. The molecule has 0 fully saturated rings. The molecule has 11 nitrogen and oxygen atoms in total. The third-order valence-electron chi connectivity index (χ3n) is 6.33. The maximum atomic E-state index is 13.8. The molecule has 2 amide bonds. The molecule has 3 heterocycles. The van der Waals surface area contributed by atoms with Crippen LogP contribution >= 0.6 is 23.8 Å². The Morgan fingerprint density at radius 2 is 1.89 bits per heavy atom. The average Bonchev–Trinajstić information content (AvgIpc) is 2.98. The molecule has 0 saturated carbocycles. The van der Waals surface area contributed by atoms with Crippen LogP contribution in [0, 0.1) is 0 Å². The van der Waals surface area contributed by atoms with Crippen LogP contribution in [0.5, 0.6) is 17.4 Å². The van der Waals surface area contributed by atoms with Crippen molar-refractivity contribution in [2.24, 2.45) is 0 Å². The fourth-order valence-electron chi connectivity index (χ4n) is 4.31. The fraction of sp³-hybridized carbons (Fsp3) is 0.323. The van der Waals surface area contributed by atoms with Gasteiger partial charge in [0.05, 0.1) is 42.4 Å². The fourth-order valence-corrected chi connectivity index (χ4v) is 4.88. The summed E-state index contributed by atoms with van der Waals surface area (Å²) in [5.74, 6) is 0.791. The van der Waals surface area contributed by atoms with Crippen molar-refractivity contribution in [2.45, 2.75) is 45.9 Å². The number of pyridine rings is 2. The molecule has 0 atom stereocenters. The molecule has 2 aromatic heterocycles. The van der Waals surface area contributed by atoms with Crippen LogP contribution < -0.4 is 24.8 Å². The summed E-state index contributed by atoms with van der Waals surface area (Å²) < 4.78 is 22.1. The maximum absolute atomic E-state index is 13.8. The molecule has 0 unspecified atom stereocenters.